The Morgan fingerprint density at radius 3 is 2.44 bits per heavy atom. The van der Waals surface area contributed by atoms with E-state index in [-0.39, 0.29) is 0 Å². The summed E-state index contributed by atoms with van der Waals surface area (Å²) in [4.78, 5) is 11.6. The van der Waals surface area contributed by atoms with Crippen molar-refractivity contribution in [3.05, 3.63) is 54.0 Å². The van der Waals surface area contributed by atoms with Gasteiger partial charge in [-0.15, -0.1) is 0 Å². The van der Waals surface area contributed by atoms with Gasteiger partial charge in [0, 0.05) is 31.0 Å². The lowest BCUT2D eigenvalue weighted by Crippen LogP contribution is -2.30. The highest BCUT2D eigenvalue weighted by molar-refractivity contribution is 5.62. The van der Waals surface area contributed by atoms with Gasteiger partial charge in [-0.3, -0.25) is 0 Å². The number of rotatable bonds is 3. The van der Waals surface area contributed by atoms with Crippen molar-refractivity contribution >= 4 is 5.95 Å². The van der Waals surface area contributed by atoms with Crippen molar-refractivity contribution in [1.82, 2.24) is 19.7 Å². The van der Waals surface area contributed by atoms with Gasteiger partial charge in [0.1, 0.15) is 0 Å². The lowest BCUT2D eigenvalue weighted by Gasteiger charge is -2.26. The van der Waals surface area contributed by atoms with Gasteiger partial charge in [-0.1, -0.05) is 17.7 Å². The molecule has 0 amide bonds. The fraction of sp³-hybridized carbons (Fsp3) is 0.350. The zero-order valence-electron chi connectivity index (χ0n) is 14.8. The third kappa shape index (κ3) is 3.27. The molecule has 0 bridgehead atoms. The lowest BCUT2D eigenvalue weighted by atomic mass is 10.1. The molecule has 1 fully saturated rings. The van der Waals surface area contributed by atoms with Crippen LogP contribution in [0.1, 0.15) is 30.5 Å². The van der Waals surface area contributed by atoms with E-state index in [1.54, 1.807) is 0 Å². The van der Waals surface area contributed by atoms with E-state index < -0.39 is 0 Å². The topological polar surface area (TPSA) is 46.8 Å². The average Bonchev–Trinajstić information content (AvgIpc) is 3.05. The molecule has 0 unspecified atom stereocenters. The third-order valence-electron chi connectivity index (χ3n) is 4.76. The SMILES string of the molecule is Cc1ccc(-n2cc(-c3ccnc(N4CCCCC4)n3)c(C)n2)cc1. The second-order valence-electron chi connectivity index (χ2n) is 6.70. The molecule has 3 heterocycles. The van der Waals surface area contributed by atoms with Gasteiger partial charge in [0.2, 0.25) is 5.95 Å². The molecule has 5 heteroatoms. The lowest BCUT2D eigenvalue weighted by molar-refractivity contribution is 0.568. The Morgan fingerprint density at radius 1 is 0.920 bits per heavy atom. The minimum absolute atomic E-state index is 0.833. The molecule has 3 aromatic rings. The Balaban J connectivity index is 1.66. The van der Waals surface area contributed by atoms with Crippen molar-refractivity contribution in [2.75, 3.05) is 18.0 Å². The Hall–Kier alpha value is -2.69. The molecule has 2 aromatic heterocycles. The standard InChI is InChI=1S/C20H23N5/c1-15-6-8-17(9-7-15)25-14-18(16(2)23-25)19-10-11-21-20(22-19)24-12-4-3-5-13-24/h6-11,14H,3-5,12-13H2,1-2H3. The molecular weight excluding hydrogens is 310 g/mol. The van der Waals surface area contributed by atoms with E-state index in [2.05, 4.69) is 52.4 Å². The molecular formula is C20H23N5. The van der Waals surface area contributed by atoms with Gasteiger partial charge in [-0.2, -0.15) is 5.10 Å². The highest BCUT2D eigenvalue weighted by atomic mass is 15.3. The Kier molecular flexibility index (Phi) is 4.22. The van der Waals surface area contributed by atoms with E-state index in [1.165, 1.54) is 24.8 Å². The quantitative estimate of drug-likeness (QED) is 0.728. The maximum atomic E-state index is 4.81. The first-order valence-corrected chi connectivity index (χ1v) is 8.92. The van der Waals surface area contributed by atoms with E-state index >= 15 is 0 Å². The Bertz CT molecular complexity index is 860. The maximum absolute atomic E-state index is 4.81. The fourth-order valence-electron chi connectivity index (χ4n) is 3.29. The van der Waals surface area contributed by atoms with Crippen LogP contribution in [0, 0.1) is 13.8 Å². The van der Waals surface area contributed by atoms with Gasteiger partial charge < -0.3 is 4.90 Å². The summed E-state index contributed by atoms with van der Waals surface area (Å²) in [6.07, 6.45) is 7.66. The first-order valence-electron chi connectivity index (χ1n) is 8.92. The number of piperidine rings is 1. The molecule has 0 saturated carbocycles. The van der Waals surface area contributed by atoms with Gasteiger partial charge in [0.15, 0.2) is 0 Å². The van der Waals surface area contributed by atoms with E-state index in [9.17, 15) is 0 Å². The molecule has 0 aliphatic carbocycles. The summed E-state index contributed by atoms with van der Waals surface area (Å²) in [7, 11) is 0. The molecule has 5 nitrogen and oxygen atoms in total. The van der Waals surface area contributed by atoms with Crippen molar-refractivity contribution in [2.24, 2.45) is 0 Å². The number of hydrogen-bond donors (Lipinski definition) is 0. The normalized spacial score (nSPS) is 14.7. The van der Waals surface area contributed by atoms with Crippen LogP contribution in [0.2, 0.25) is 0 Å². The molecule has 1 aliphatic heterocycles. The molecule has 0 spiro atoms. The van der Waals surface area contributed by atoms with E-state index in [0.717, 1.165) is 41.7 Å². The Labute approximate surface area is 148 Å². The Morgan fingerprint density at radius 2 is 1.68 bits per heavy atom. The van der Waals surface area contributed by atoms with Crippen LogP contribution >= 0.6 is 0 Å². The third-order valence-corrected chi connectivity index (χ3v) is 4.76. The molecule has 1 aromatic carbocycles. The van der Waals surface area contributed by atoms with E-state index in [1.807, 2.05) is 23.9 Å². The number of aryl methyl sites for hydroxylation is 2. The molecule has 0 radical (unpaired) electrons. The van der Waals surface area contributed by atoms with Crippen molar-refractivity contribution in [3.63, 3.8) is 0 Å². The van der Waals surface area contributed by atoms with Gasteiger partial charge in [0.25, 0.3) is 0 Å². The number of nitrogens with zero attached hydrogens (tertiary/aromatic N) is 5. The van der Waals surface area contributed by atoms with Gasteiger partial charge in [0.05, 0.1) is 17.1 Å². The van der Waals surface area contributed by atoms with Crippen LogP contribution < -0.4 is 4.90 Å². The van der Waals surface area contributed by atoms with Gasteiger partial charge >= 0.3 is 0 Å². The molecule has 0 N–H and O–H groups in total. The zero-order chi connectivity index (χ0) is 17.2. The highest BCUT2D eigenvalue weighted by Crippen LogP contribution is 2.24. The largest absolute Gasteiger partial charge is 0.341 e. The van der Waals surface area contributed by atoms with E-state index in [0.29, 0.717) is 0 Å². The first-order chi connectivity index (χ1) is 12.2. The summed E-state index contributed by atoms with van der Waals surface area (Å²) in [5.74, 6) is 0.833. The maximum Gasteiger partial charge on any atom is 0.225 e. The van der Waals surface area contributed by atoms with Crippen LogP contribution in [0.3, 0.4) is 0 Å². The highest BCUT2D eigenvalue weighted by Gasteiger charge is 2.16. The van der Waals surface area contributed by atoms with E-state index in [4.69, 9.17) is 4.98 Å². The zero-order valence-corrected chi connectivity index (χ0v) is 14.8. The second kappa shape index (κ2) is 6.67. The van der Waals surface area contributed by atoms with Crippen LogP contribution in [0.4, 0.5) is 5.95 Å². The summed E-state index contributed by atoms with van der Waals surface area (Å²) in [6, 6.07) is 10.3. The van der Waals surface area contributed by atoms with Crippen LogP contribution in [-0.2, 0) is 0 Å². The molecule has 1 saturated heterocycles. The second-order valence-corrected chi connectivity index (χ2v) is 6.70. The molecule has 1 aliphatic rings. The van der Waals surface area contributed by atoms with Gasteiger partial charge in [-0.25, -0.2) is 14.6 Å². The predicted octanol–water partition coefficient (Wildman–Crippen LogP) is 3.94. The van der Waals surface area contributed by atoms with Crippen LogP contribution in [0.5, 0.6) is 0 Å². The summed E-state index contributed by atoms with van der Waals surface area (Å²) >= 11 is 0. The summed E-state index contributed by atoms with van der Waals surface area (Å²) in [6.45, 7) is 6.21. The van der Waals surface area contributed by atoms with Gasteiger partial charge in [-0.05, 0) is 51.3 Å². The minimum Gasteiger partial charge on any atom is -0.341 e. The van der Waals surface area contributed by atoms with Crippen LogP contribution in [-0.4, -0.2) is 32.8 Å². The number of anilines is 1. The summed E-state index contributed by atoms with van der Waals surface area (Å²) in [5.41, 5.74) is 5.27. The first kappa shape index (κ1) is 15.8. The fourth-order valence-corrected chi connectivity index (χ4v) is 3.29. The molecule has 128 valence electrons. The summed E-state index contributed by atoms with van der Waals surface area (Å²) < 4.78 is 1.92. The number of aromatic nitrogens is 4. The van der Waals surface area contributed by atoms with Crippen molar-refractivity contribution in [1.29, 1.82) is 0 Å². The van der Waals surface area contributed by atoms with Crippen molar-refractivity contribution in [2.45, 2.75) is 33.1 Å². The number of benzene rings is 1. The average molecular weight is 333 g/mol. The molecule has 0 atom stereocenters. The van der Waals surface area contributed by atoms with Crippen LogP contribution in [0.25, 0.3) is 16.9 Å². The molecule has 25 heavy (non-hydrogen) atoms. The number of hydrogen-bond acceptors (Lipinski definition) is 4. The van der Waals surface area contributed by atoms with Crippen molar-refractivity contribution in [3.8, 4) is 16.9 Å². The monoisotopic (exact) mass is 333 g/mol. The predicted molar refractivity (Wildman–Crippen MR) is 100 cm³/mol. The smallest absolute Gasteiger partial charge is 0.225 e. The molecule has 4 rings (SSSR count). The van der Waals surface area contributed by atoms with Crippen molar-refractivity contribution < 1.29 is 0 Å². The minimum atomic E-state index is 0.833. The summed E-state index contributed by atoms with van der Waals surface area (Å²) in [5, 5.41) is 4.67. The van der Waals surface area contributed by atoms with Crippen LogP contribution in [0.15, 0.2) is 42.7 Å².